The number of hydrogen-bond donors (Lipinski definition) is 1. The number of rotatable bonds is 3. The van der Waals surface area contributed by atoms with Gasteiger partial charge in [0, 0.05) is 30.3 Å². The fourth-order valence-electron chi connectivity index (χ4n) is 4.95. The molecule has 0 radical (unpaired) electrons. The second-order valence-electron chi connectivity index (χ2n) is 8.50. The monoisotopic (exact) mass is 483 g/mol. The van der Waals surface area contributed by atoms with Crippen molar-refractivity contribution in [3.05, 3.63) is 64.1 Å². The van der Waals surface area contributed by atoms with Crippen molar-refractivity contribution >= 4 is 33.6 Å². The van der Waals surface area contributed by atoms with Gasteiger partial charge in [-0.15, -0.1) is 0 Å². The number of urea groups is 1. The second-order valence-corrected chi connectivity index (χ2v) is 9.41. The van der Waals surface area contributed by atoms with E-state index in [-0.39, 0.29) is 24.4 Å². The number of fused-ring (bicyclic) bond motifs is 3. The van der Waals surface area contributed by atoms with Crippen molar-refractivity contribution in [2.45, 2.75) is 38.4 Å². The van der Waals surface area contributed by atoms with Gasteiger partial charge < -0.3 is 9.80 Å². The number of carbonyl (C=O) groups is 2. The van der Waals surface area contributed by atoms with E-state index in [9.17, 15) is 9.59 Å². The Labute approximate surface area is 190 Å². The zero-order valence-electron chi connectivity index (χ0n) is 17.7. The number of halogens is 1. The van der Waals surface area contributed by atoms with Crippen LogP contribution in [0.4, 0.5) is 10.5 Å². The molecule has 3 heterocycles. The van der Waals surface area contributed by atoms with Gasteiger partial charge in [-0.25, -0.2) is 4.79 Å². The molecule has 162 valence electrons. The summed E-state index contributed by atoms with van der Waals surface area (Å²) >= 11 is 3.50. The van der Waals surface area contributed by atoms with Crippen molar-refractivity contribution in [2.75, 3.05) is 25.0 Å². The van der Waals surface area contributed by atoms with E-state index in [2.05, 4.69) is 43.2 Å². The SMILES string of the molecule is Cc1cccc(CN2C(=O)C3C(NC4N(c5ccc(Br)cc5)CCCN34)N(C)C2=O)c1. The van der Waals surface area contributed by atoms with Crippen LogP contribution in [0.2, 0.25) is 0 Å². The lowest BCUT2D eigenvalue weighted by molar-refractivity contribution is -0.139. The Kier molecular flexibility index (Phi) is 5.24. The highest BCUT2D eigenvalue weighted by Crippen LogP contribution is 2.33. The number of amides is 3. The first kappa shape index (κ1) is 20.5. The summed E-state index contributed by atoms with van der Waals surface area (Å²) in [6.07, 6.45) is 0.498. The molecule has 2 aromatic rings. The second kappa shape index (κ2) is 7.93. The van der Waals surface area contributed by atoms with E-state index >= 15 is 0 Å². The highest BCUT2D eigenvalue weighted by Gasteiger charge is 2.56. The number of aryl methyl sites for hydroxylation is 1. The van der Waals surface area contributed by atoms with Crippen LogP contribution in [-0.2, 0) is 11.3 Å². The fraction of sp³-hybridized carbons (Fsp3) is 0.391. The molecule has 3 unspecified atom stereocenters. The van der Waals surface area contributed by atoms with Crippen molar-refractivity contribution < 1.29 is 9.59 Å². The van der Waals surface area contributed by atoms with E-state index in [0.717, 1.165) is 40.8 Å². The molecule has 0 spiro atoms. The predicted octanol–water partition coefficient (Wildman–Crippen LogP) is 2.95. The normalized spacial score (nSPS) is 26.3. The Balaban J connectivity index is 1.43. The Morgan fingerprint density at radius 1 is 1.10 bits per heavy atom. The van der Waals surface area contributed by atoms with Gasteiger partial charge >= 0.3 is 6.03 Å². The maximum Gasteiger partial charge on any atom is 0.328 e. The third-order valence-corrected chi connectivity index (χ3v) is 6.98. The lowest BCUT2D eigenvalue weighted by Crippen LogP contribution is -2.66. The Morgan fingerprint density at radius 3 is 2.61 bits per heavy atom. The summed E-state index contributed by atoms with van der Waals surface area (Å²) in [5, 5.41) is 3.56. The van der Waals surface area contributed by atoms with Gasteiger partial charge in [0.25, 0.3) is 5.91 Å². The van der Waals surface area contributed by atoms with Crippen LogP contribution in [0.15, 0.2) is 53.0 Å². The van der Waals surface area contributed by atoms with Crippen LogP contribution in [0, 0.1) is 6.92 Å². The summed E-state index contributed by atoms with van der Waals surface area (Å²) in [5.41, 5.74) is 3.18. The molecule has 3 fully saturated rings. The van der Waals surface area contributed by atoms with Gasteiger partial charge in [-0.05, 0) is 43.2 Å². The van der Waals surface area contributed by atoms with Crippen LogP contribution < -0.4 is 10.2 Å². The van der Waals surface area contributed by atoms with E-state index in [1.807, 2.05) is 43.3 Å². The topological polar surface area (TPSA) is 59.1 Å². The average Bonchev–Trinajstić information content (AvgIpc) is 3.16. The third kappa shape index (κ3) is 3.52. The molecule has 8 heteroatoms. The molecule has 1 N–H and O–H groups in total. The minimum atomic E-state index is -0.393. The standard InChI is InChI=1S/C23H26BrN5O2/c1-15-5-3-6-16(13-15)14-29-21(30)19-20(26(2)23(29)31)25-22-27(11-4-12-28(19)22)18-9-7-17(24)8-10-18/h3,5-10,13,19-20,22,25H,4,11-12,14H2,1-2H3. The van der Waals surface area contributed by atoms with Gasteiger partial charge in [0.1, 0.15) is 18.5 Å². The number of carbonyl (C=O) groups excluding carboxylic acids is 2. The lowest BCUT2D eigenvalue weighted by atomic mass is 10.1. The van der Waals surface area contributed by atoms with E-state index in [1.54, 1.807) is 11.9 Å². The smallest absolute Gasteiger partial charge is 0.328 e. The Morgan fingerprint density at radius 2 is 1.87 bits per heavy atom. The van der Waals surface area contributed by atoms with E-state index in [1.165, 1.54) is 4.90 Å². The quantitative estimate of drug-likeness (QED) is 0.726. The van der Waals surface area contributed by atoms with Gasteiger partial charge in [0.15, 0.2) is 0 Å². The number of hydrogen-bond acceptors (Lipinski definition) is 5. The highest BCUT2D eigenvalue weighted by atomic mass is 79.9. The zero-order valence-corrected chi connectivity index (χ0v) is 19.2. The summed E-state index contributed by atoms with van der Waals surface area (Å²) in [6, 6.07) is 15.5. The molecule has 31 heavy (non-hydrogen) atoms. The van der Waals surface area contributed by atoms with Crippen molar-refractivity contribution in [1.82, 2.24) is 20.0 Å². The van der Waals surface area contributed by atoms with Gasteiger partial charge in [-0.1, -0.05) is 45.8 Å². The first-order valence-corrected chi connectivity index (χ1v) is 11.4. The molecule has 2 aromatic carbocycles. The molecule has 3 amide bonds. The first-order valence-electron chi connectivity index (χ1n) is 10.6. The number of anilines is 1. The summed E-state index contributed by atoms with van der Waals surface area (Å²) in [4.78, 5) is 34.3. The highest BCUT2D eigenvalue weighted by molar-refractivity contribution is 9.10. The molecule has 3 saturated heterocycles. The van der Waals surface area contributed by atoms with Gasteiger partial charge in [-0.3, -0.25) is 19.9 Å². The summed E-state index contributed by atoms with van der Waals surface area (Å²) < 4.78 is 1.03. The first-order chi connectivity index (χ1) is 14.9. The van der Waals surface area contributed by atoms with Crippen LogP contribution in [0.5, 0.6) is 0 Å². The number of nitrogens with zero attached hydrogens (tertiary/aromatic N) is 4. The molecule has 0 aliphatic carbocycles. The van der Waals surface area contributed by atoms with Crippen molar-refractivity contribution in [3.8, 4) is 0 Å². The predicted molar refractivity (Wildman–Crippen MR) is 122 cm³/mol. The fourth-order valence-corrected chi connectivity index (χ4v) is 5.22. The number of benzene rings is 2. The molecule has 3 aliphatic heterocycles. The Bertz CT molecular complexity index is 1010. The molecular weight excluding hydrogens is 458 g/mol. The molecule has 3 aliphatic rings. The van der Waals surface area contributed by atoms with Crippen LogP contribution >= 0.6 is 15.9 Å². The Hall–Kier alpha value is -2.42. The summed E-state index contributed by atoms with van der Waals surface area (Å²) in [7, 11) is 1.78. The molecular formula is C23H26BrN5O2. The third-order valence-electron chi connectivity index (χ3n) is 6.45. The summed E-state index contributed by atoms with van der Waals surface area (Å²) in [6.45, 7) is 4.02. The number of likely N-dealkylation sites (N-methyl/N-ethyl adjacent to an activating group) is 1. The van der Waals surface area contributed by atoms with Crippen LogP contribution in [-0.4, -0.2) is 65.3 Å². The maximum atomic E-state index is 13.6. The molecule has 0 saturated carbocycles. The van der Waals surface area contributed by atoms with Crippen molar-refractivity contribution in [2.24, 2.45) is 0 Å². The van der Waals surface area contributed by atoms with Crippen molar-refractivity contribution in [3.63, 3.8) is 0 Å². The minimum Gasteiger partial charge on any atom is -0.343 e. The summed E-state index contributed by atoms with van der Waals surface area (Å²) in [5.74, 6) is -0.123. The number of imide groups is 1. The zero-order chi connectivity index (χ0) is 21.7. The molecule has 0 aromatic heterocycles. The van der Waals surface area contributed by atoms with E-state index in [0.29, 0.717) is 6.54 Å². The molecule has 0 bridgehead atoms. The number of nitrogens with one attached hydrogen (secondary N) is 1. The maximum absolute atomic E-state index is 13.6. The van der Waals surface area contributed by atoms with Crippen LogP contribution in [0.25, 0.3) is 0 Å². The van der Waals surface area contributed by atoms with Gasteiger partial charge in [0.2, 0.25) is 0 Å². The van der Waals surface area contributed by atoms with E-state index < -0.39 is 6.04 Å². The molecule has 5 rings (SSSR count). The lowest BCUT2D eigenvalue weighted by Gasteiger charge is -2.44. The van der Waals surface area contributed by atoms with Gasteiger partial charge in [-0.2, -0.15) is 0 Å². The van der Waals surface area contributed by atoms with Crippen LogP contribution in [0.3, 0.4) is 0 Å². The molecule has 7 nitrogen and oxygen atoms in total. The average molecular weight is 484 g/mol. The van der Waals surface area contributed by atoms with Crippen LogP contribution in [0.1, 0.15) is 17.5 Å². The largest absolute Gasteiger partial charge is 0.343 e. The minimum absolute atomic E-state index is 0.122. The van der Waals surface area contributed by atoms with Gasteiger partial charge in [0.05, 0.1) is 6.54 Å². The van der Waals surface area contributed by atoms with Crippen molar-refractivity contribution in [1.29, 1.82) is 0 Å². The molecule has 3 atom stereocenters. The van der Waals surface area contributed by atoms with E-state index in [4.69, 9.17) is 0 Å².